The first-order valence-corrected chi connectivity index (χ1v) is 9.35. The molecule has 0 saturated heterocycles. The van der Waals surface area contributed by atoms with Crippen molar-refractivity contribution in [2.24, 2.45) is 0 Å². The minimum Gasteiger partial charge on any atom is -0.346 e. The summed E-state index contributed by atoms with van der Waals surface area (Å²) in [6.45, 7) is 2.58. The highest BCUT2D eigenvalue weighted by molar-refractivity contribution is 7.98. The first-order valence-electron chi connectivity index (χ1n) is 7.55. The molecule has 0 fully saturated rings. The topological polar surface area (TPSA) is 54.9 Å². The molecule has 0 radical (unpaired) electrons. The van der Waals surface area contributed by atoms with Crippen molar-refractivity contribution in [3.63, 3.8) is 0 Å². The van der Waals surface area contributed by atoms with Gasteiger partial charge in [0.25, 0.3) is 5.91 Å². The van der Waals surface area contributed by atoms with E-state index >= 15 is 0 Å². The van der Waals surface area contributed by atoms with Crippen LogP contribution in [0.4, 0.5) is 0 Å². The summed E-state index contributed by atoms with van der Waals surface area (Å²) in [5, 5.41) is 12.3. The molecule has 4 nitrogen and oxygen atoms in total. The summed E-state index contributed by atoms with van der Waals surface area (Å²) >= 11 is 3.06. The highest BCUT2D eigenvalue weighted by atomic mass is 32.2. The van der Waals surface area contributed by atoms with Crippen molar-refractivity contribution >= 4 is 29.0 Å². The van der Waals surface area contributed by atoms with Crippen molar-refractivity contribution < 1.29 is 4.79 Å². The van der Waals surface area contributed by atoms with Crippen LogP contribution in [0.5, 0.6) is 0 Å². The van der Waals surface area contributed by atoms with Crippen molar-refractivity contribution in [3.05, 3.63) is 75.7 Å². The van der Waals surface area contributed by atoms with Gasteiger partial charge in [-0.15, -0.1) is 22.0 Å². The molecule has 6 heteroatoms. The quantitative estimate of drug-likeness (QED) is 0.677. The molecule has 0 unspecified atom stereocenters. The maximum atomic E-state index is 12.1. The number of hydrogen-bond acceptors (Lipinski definition) is 5. The Balaban J connectivity index is 1.55. The van der Waals surface area contributed by atoms with E-state index in [2.05, 4.69) is 34.6 Å². The van der Waals surface area contributed by atoms with Crippen molar-refractivity contribution in [2.75, 3.05) is 0 Å². The fourth-order valence-electron chi connectivity index (χ4n) is 2.12. The molecule has 0 atom stereocenters. The fourth-order valence-corrected chi connectivity index (χ4v) is 3.89. The summed E-state index contributed by atoms with van der Waals surface area (Å²) in [6, 6.07) is 18.0. The Labute approximate surface area is 149 Å². The van der Waals surface area contributed by atoms with Gasteiger partial charge < -0.3 is 5.32 Å². The lowest BCUT2D eigenvalue weighted by Crippen LogP contribution is -2.22. The molecule has 122 valence electrons. The third-order valence-electron chi connectivity index (χ3n) is 3.40. The molecule has 1 heterocycles. The van der Waals surface area contributed by atoms with Gasteiger partial charge in [0, 0.05) is 11.4 Å². The van der Waals surface area contributed by atoms with Gasteiger partial charge in [-0.25, -0.2) is 0 Å². The van der Waals surface area contributed by atoms with E-state index in [1.165, 1.54) is 21.8 Å². The van der Waals surface area contributed by atoms with E-state index in [1.54, 1.807) is 11.8 Å². The van der Waals surface area contributed by atoms with Gasteiger partial charge in [-0.05, 0) is 24.1 Å². The Morgan fingerprint density at radius 3 is 2.62 bits per heavy atom. The molecule has 3 rings (SSSR count). The fraction of sp³-hybridized carbons (Fsp3) is 0.167. The molecule has 24 heavy (non-hydrogen) atoms. The number of amides is 1. The SMILES string of the molecule is Cc1ccccc1SCc1nnc(C(=O)NCc2ccccc2)s1. The van der Waals surface area contributed by atoms with E-state index in [4.69, 9.17) is 0 Å². The van der Waals surface area contributed by atoms with E-state index < -0.39 is 0 Å². The summed E-state index contributed by atoms with van der Waals surface area (Å²) in [5.41, 5.74) is 2.30. The largest absolute Gasteiger partial charge is 0.346 e. The molecule has 0 aliphatic carbocycles. The number of carbonyl (C=O) groups excluding carboxylic acids is 1. The van der Waals surface area contributed by atoms with Crippen LogP contribution in [0.25, 0.3) is 0 Å². The average molecular weight is 355 g/mol. The molecule has 1 amide bonds. The number of nitrogens with zero attached hydrogens (tertiary/aromatic N) is 2. The second kappa shape index (κ2) is 8.08. The zero-order valence-electron chi connectivity index (χ0n) is 13.2. The van der Waals surface area contributed by atoms with E-state index in [1.807, 2.05) is 42.5 Å². The second-order valence-corrected chi connectivity index (χ2v) is 7.30. The highest BCUT2D eigenvalue weighted by Crippen LogP contribution is 2.26. The van der Waals surface area contributed by atoms with Gasteiger partial charge in [0.15, 0.2) is 0 Å². The minimum absolute atomic E-state index is 0.177. The Hall–Kier alpha value is -2.18. The van der Waals surface area contributed by atoms with E-state index in [0.717, 1.165) is 10.6 Å². The first kappa shape index (κ1) is 16.7. The molecule has 1 N–H and O–H groups in total. The zero-order chi connectivity index (χ0) is 16.8. The number of aromatic nitrogens is 2. The maximum Gasteiger partial charge on any atom is 0.282 e. The van der Waals surface area contributed by atoms with Crippen LogP contribution in [0.2, 0.25) is 0 Å². The van der Waals surface area contributed by atoms with Gasteiger partial charge in [0.05, 0.1) is 5.75 Å². The standard InChI is InChI=1S/C18H17N3OS2/c1-13-7-5-6-10-15(13)23-12-16-20-21-18(24-16)17(22)19-11-14-8-3-2-4-9-14/h2-10H,11-12H2,1H3,(H,19,22). The molecule has 0 aliphatic heterocycles. The van der Waals surface area contributed by atoms with E-state index in [0.29, 0.717) is 17.3 Å². The minimum atomic E-state index is -0.177. The Morgan fingerprint density at radius 2 is 1.83 bits per heavy atom. The molecular weight excluding hydrogens is 338 g/mol. The summed E-state index contributed by atoms with van der Waals surface area (Å²) in [6.07, 6.45) is 0. The van der Waals surface area contributed by atoms with E-state index in [-0.39, 0.29) is 5.91 Å². The zero-order valence-corrected chi connectivity index (χ0v) is 14.9. The predicted molar refractivity (Wildman–Crippen MR) is 98.3 cm³/mol. The third-order valence-corrected chi connectivity index (χ3v) is 5.69. The number of nitrogens with one attached hydrogen (secondary N) is 1. The van der Waals surface area contributed by atoms with Gasteiger partial charge in [-0.2, -0.15) is 0 Å². The van der Waals surface area contributed by atoms with Crippen molar-refractivity contribution in [1.82, 2.24) is 15.5 Å². The van der Waals surface area contributed by atoms with Gasteiger partial charge in [-0.1, -0.05) is 59.9 Å². The molecular formula is C18H17N3OS2. The number of thioether (sulfide) groups is 1. The number of aryl methyl sites for hydroxylation is 1. The first-order chi connectivity index (χ1) is 11.7. The van der Waals surface area contributed by atoms with Crippen LogP contribution < -0.4 is 5.32 Å². The molecule has 0 bridgehead atoms. The number of carbonyl (C=O) groups is 1. The van der Waals surface area contributed by atoms with Crippen molar-refractivity contribution in [3.8, 4) is 0 Å². The highest BCUT2D eigenvalue weighted by Gasteiger charge is 2.13. The molecule has 3 aromatic rings. The van der Waals surface area contributed by atoms with Crippen molar-refractivity contribution in [2.45, 2.75) is 24.1 Å². The van der Waals surface area contributed by atoms with Gasteiger partial charge in [0.1, 0.15) is 5.01 Å². The normalized spacial score (nSPS) is 10.5. The number of rotatable bonds is 6. The summed E-state index contributed by atoms with van der Waals surface area (Å²) in [5.74, 6) is 0.539. The summed E-state index contributed by atoms with van der Waals surface area (Å²) < 4.78 is 0. The third kappa shape index (κ3) is 4.43. The lowest BCUT2D eigenvalue weighted by atomic mass is 10.2. The van der Waals surface area contributed by atoms with E-state index in [9.17, 15) is 4.79 Å². The van der Waals surface area contributed by atoms with Crippen LogP contribution in [-0.4, -0.2) is 16.1 Å². The molecule has 1 aromatic heterocycles. The van der Waals surface area contributed by atoms with Crippen LogP contribution in [0.1, 0.15) is 25.9 Å². The lowest BCUT2D eigenvalue weighted by Gasteiger charge is -2.02. The van der Waals surface area contributed by atoms with Gasteiger partial charge in [-0.3, -0.25) is 4.79 Å². The second-order valence-electron chi connectivity index (χ2n) is 5.22. The smallest absolute Gasteiger partial charge is 0.282 e. The Kier molecular flexibility index (Phi) is 5.61. The Morgan fingerprint density at radius 1 is 1.08 bits per heavy atom. The summed E-state index contributed by atoms with van der Waals surface area (Å²) in [4.78, 5) is 13.4. The monoisotopic (exact) mass is 355 g/mol. The molecule has 0 spiro atoms. The van der Waals surface area contributed by atoms with Crippen LogP contribution >= 0.6 is 23.1 Å². The van der Waals surface area contributed by atoms with Gasteiger partial charge in [0.2, 0.25) is 5.01 Å². The Bertz CT molecular complexity index is 818. The number of hydrogen-bond donors (Lipinski definition) is 1. The molecule has 2 aromatic carbocycles. The summed E-state index contributed by atoms with van der Waals surface area (Å²) in [7, 11) is 0. The lowest BCUT2D eigenvalue weighted by molar-refractivity contribution is 0.0950. The van der Waals surface area contributed by atoms with Crippen LogP contribution in [-0.2, 0) is 12.3 Å². The predicted octanol–water partition coefficient (Wildman–Crippen LogP) is 4.07. The number of benzene rings is 2. The molecule has 0 saturated carbocycles. The van der Waals surface area contributed by atoms with Crippen LogP contribution in [0.3, 0.4) is 0 Å². The van der Waals surface area contributed by atoms with Gasteiger partial charge >= 0.3 is 0 Å². The average Bonchev–Trinajstić information content (AvgIpc) is 3.09. The maximum absolute atomic E-state index is 12.1. The van der Waals surface area contributed by atoms with Crippen molar-refractivity contribution in [1.29, 1.82) is 0 Å². The van der Waals surface area contributed by atoms with Crippen LogP contribution in [0, 0.1) is 6.92 Å². The molecule has 0 aliphatic rings. The van der Waals surface area contributed by atoms with Crippen LogP contribution in [0.15, 0.2) is 59.5 Å².